The molecule has 3 aromatic rings. The van der Waals surface area contributed by atoms with Crippen molar-refractivity contribution in [2.24, 2.45) is 10.9 Å². The molecule has 1 saturated heterocycles. The second-order valence-corrected chi connectivity index (χ2v) is 6.94. The summed E-state index contributed by atoms with van der Waals surface area (Å²) in [6, 6.07) is 20.9. The lowest BCUT2D eigenvalue weighted by molar-refractivity contribution is -0.130. The fourth-order valence-electron chi connectivity index (χ4n) is 3.14. The van der Waals surface area contributed by atoms with Gasteiger partial charge < -0.3 is 5.32 Å². The zero-order valence-corrected chi connectivity index (χ0v) is 15.9. The van der Waals surface area contributed by atoms with Crippen molar-refractivity contribution in [3.05, 3.63) is 72.3 Å². The van der Waals surface area contributed by atoms with Crippen molar-refractivity contribution in [2.75, 3.05) is 4.90 Å². The number of aliphatic imine (C=N–C) groups is 1. The molecule has 1 heterocycles. The van der Waals surface area contributed by atoms with E-state index in [-0.39, 0.29) is 5.11 Å². The van der Waals surface area contributed by atoms with Crippen molar-refractivity contribution in [3.8, 4) is 0 Å². The van der Waals surface area contributed by atoms with Crippen molar-refractivity contribution >= 4 is 57.5 Å². The van der Waals surface area contributed by atoms with E-state index in [0.717, 1.165) is 16.3 Å². The van der Waals surface area contributed by atoms with Crippen LogP contribution in [0.2, 0.25) is 0 Å². The van der Waals surface area contributed by atoms with Gasteiger partial charge in [0.15, 0.2) is 11.0 Å². The highest BCUT2D eigenvalue weighted by Crippen LogP contribution is 2.26. The second kappa shape index (κ2) is 7.32. The molecule has 0 bridgehead atoms. The number of carbonyl (C=O) groups is 2. The van der Waals surface area contributed by atoms with Gasteiger partial charge in [0.1, 0.15) is 0 Å². The van der Waals surface area contributed by atoms with Crippen LogP contribution in [0.15, 0.2) is 71.7 Å². The van der Waals surface area contributed by atoms with Gasteiger partial charge in [-0.15, -0.1) is 0 Å². The topological polar surface area (TPSA) is 61.8 Å². The fraction of sp³-hybridized carbons (Fsp3) is 0.0909. The van der Waals surface area contributed by atoms with E-state index in [1.54, 1.807) is 12.1 Å². The summed E-state index contributed by atoms with van der Waals surface area (Å²) in [6.45, 7) is 1.96. The van der Waals surface area contributed by atoms with Crippen LogP contribution < -0.4 is 10.2 Å². The number of carbonyl (C=O) groups excluding carboxylic acids is 2. The Labute approximate surface area is 167 Å². The molecule has 1 fully saturated rings. The van der Waals surface area contributed by atoms with Gasteiger partial charge in [0.2, 0.25) is 5.91 Å². The molecule has 4 rings (SSSR count). The van der Waals surface area contributed by atoms with E-state index in [0.29, 0.717) is 11.4 Å². The summed E-state index contributed by atoms with van der Waals surface area (Å²) in [7, 11) is 0. The van der Waals surface area contributed by atoms with Gasteiger partial charge in [-0.25, -0.2) is 0 Å². The minimum Gasteiger partial charge on any atom is -0.301 e. The summed E-state index contributed by atoms with van der Waals surface area (Å²) >= 11 is 5.22. The van der Waals surface area contributed by atoms with Gasteiger partial charge in [-0.2, -0.15) is 0 Å². The molecule has 1 aliphatic heterocycles. The van der Waals surface area contributed by atoms with E-state index in [1.165, 1.54) is 11.1 Å². The Bertz CT molecular complexity index is 1120. The lowest BCUT2D eigenvalue weighted by Gasteiger charge is -2.31. The van der Waals surface area contributed by atoms with Gasteiger partial charge in [0.05, 0.1) is 11.4 Å². The molecule has 1 N–H and O–H groups in total. The highest BCUT2D eigenvalue weighted by Gasteiger charge is 2.38. The van der Waals surface area contributed by atoms with Crippen molar-refractivity contribution in [2.45, 2.75) is 6.92 Å². The summed E-state index contributed by atoms with van der Waals surface area (Å²) in [6.07, 6.45) is 1.39. The molecule has 0 aromatic heterocycles. The number of thiocarbonyl (C=S) groups is 1. The van der Waals surface area contributed by atoms with Crippen molar-refractivity contribution in [1.82, 2.24) is 5.32 Å². The maximum Gasteiger partial charge on any atom is 0.251 e. The monoisotopic (exact) mass is 387 g/mol. The number of rotatable bonds is 3. The van der Waals surface area contributed by atoms with Crippen LogP contribution in [-0.2, 0) is 9.59 Å². The van der Waals surface area contributed by atoms with Crippen LogP contribution in [0.1, 0.15) is 5.56 Å². The normalized spacial score (nSPS) is 17.4. The molecule has 0 saturated carbocycles. The van der Waals surface area contributed by atoms with Gasteiger partial charge in [-0.05, 0) is 42.7 Å². The van der Waals surface area contributed by atoms with Crippen LogP contribution in [0.3, 0.4) is 0 Å². The Kier molecular flexibility index (Phi) is 4.71. The van der Waals surface area contributed by atoms with Crippen molar-refractivity contribution in [3.63, 3.8) is 0 Å². The Morgan fingerprint density at radius 3 is 2.50 bits per heavy atom. The molecule has 3 aromatic carbocycles. The third kappa shape index (κ3) is 3.30. The number of anilines is 1. The summed E-state index contributed by atoms with van der Waals surface area (Å²) < 4.78 is 0. The number of aryl methyl sites for hydroxylation is 1. The van der Waals surface area contributed by atoms with Gasteiger partial charge in [0.25, 0.3) is 5.91 Å². The first-order valence-electron chi connectivity index (χ1n) is 8.82. The maximum absolute atomic E-state index is 13.0. The highest BCUT2D eigenvalue weighted by molar-refractivity contribution is 7.80. The quantitative estimate of drug-likeness (QED) is 0.421. The first kappa shape index (κ1) is 18.0. The van der Waals surface area contributed by atoms with Crippen molar-refractivity contribution < 1.29 is 9.59 Å². The van der Waals surface area contributed by atoms with Crippen LogP contribution in [0.25, 0.3) is 10.8 Å². The molecule has 1 unspecified atom stereocenters. The van der Waals surface area contributed by atoms with E-state index >= 15 is 0 Å². The van der Waals surface area contributed by atoms with Crippen LogP contribution in [-0.4, -0.2) is 23.1 Å². The molecule has 5 nitrogen and oxygen atoms in total. The maximum atomic E-state index is 13.0. The third-order valence-corrected chi connectivity index (χ3v) is 4.91. The van der Waals surface area contributed by atoms with Crippen LogP contribution in [0, 0.1) is 12.8 Å². The van der Waals surface area contributed by atoms with E-state index < -0.39 is 17.7 Å². The Morgan fingerprint density at radius 2 is 1.71 bits per heavy atom. The zero-order chi connectivity index (χ0) is 19.7. The molecule has 6 heteroatoms. The molecule has 2 amide bonds. The fourth-order valence-corrected chi connectivity index (χ4v) is 3.43. The smallest absolute Gasteiger partial charge is 0.251 e. The minimum atomic E-state index is -1.05. The number of hydrogen-bond acceptors (Lipinski definition) is 4. The average Bonchev–Trinajstić information content (AvgIpc) is 2.69. The molecule has 1 aliphatic rings. The first-order chi connectivity index (χ1) is 13.5. The SMILES string of the molecule is Cc1ccc(N2C(=O)C(C=Nc3cccc4ccccc34)C(=O)NC2=S)cc1. The van der Waals surface area contributed by atoms with E-state index in [9.17, 15) is 9.59 Å². The van der Waals surface area contributed by atoms with Gasteiger partial charge in [0, 0.05) is 11.6 Å². The Balaban J connectivity index is 1.67. The highest BCUT2D eigenvalue weighted by atomic mass is 32.1. The molecule has 1 atom stereocenters. The first-order valence-corrected chi connectivity index (χ1v) is 9.23. The van der Waals surface area contributed by atoms with Crippen LogP contribution >= 0.6 is 12.2 Å². The average molecular weight is 387 g/mol. The number of nitrogens with one attached hydrogen (secondary N) is 1. The molecule has 28 heavy (non-hydrogen) atoms. The number of amides is 2. The summed E-state index contributed by atoms with van der Waals surface area (Å²) in [5.74, 6) is -1.93. The molecule has 0 aliphatic carbocycles. The second-order valence-electron chi connectivity index (χ2n) is 6.56. The zero-order valence-electron chi connectivity index (χ0n) is 15.1. The predicted octanol–water partition coefficient (Wildman–Crippen LogP) is 3.91. The lowest BCUT2D eigenvalue weighted by atomic mass is 10.1. The molecule has 138 valence electrons. The minimum absolute atomic E-state index is 0.0775. The van der Waals surface area contributed by atoms with E-state index in [2.05, 4.69) is 10.3 Å². The molecular weight excluding hydrogens is 370 g/mol. The summed E-state index contributed by atoms with van der Waals surface area (Å²) in [5, 5.41) is 4.68. The van der Waals surface area contributed by atoms with Gasteiger partial charge >= 0.3 is 0 Å². The summed E-state index contributed by atoms with van der Waals surface area (Å²) in [5.41, 5.74) is 2.38. The number of hydrogen-bond donors (Lipinski definition) is 1. The van der Waals surface area contributed by atoms with Gasteiger partial charge in [-0.3, -0.25) is 19.5 Å². The predicted molar refractivity (Wildman–Crippen MR) is 115 cm³/mol. The van der Waals surface area contributed by atoms with Gasteiger partial charge in [-0.1, -0.05) is 54.1 Å². The van der Waals surface area contributed by atoms with E-state index in [4.69, 9.17) is 12.2 Å². The summed E-state index contributed by atoms with van der Waals surface area (Å²) in [4.78, 5) is 31.2. The Hall–Kier alpha value is -3.38. The molecule has 0 spiro atoms. The number of benzene rings is 3. The van der Waals surface area contributed by atoms with Crippen LogP contribution in [0.5, 0.6) is 0 Å². The van der Waals surface area contributed by atoms with Crippen molar-refractivity contribution in [1.29, 1.82) is 0 Å². The Morgan fingerprint density at radius 1 is 1.00 bits per heavy atom. The third-order valence-electron chi connectivity index (χ3n) is 4.62. The number of fused-ring (bicyclic) bond motifs is 1. The largest absolute Gasteiger partial charge is 0.301 e. The van der Waals surface area contributed by atoms with E-state index in [1.807, 2.05) is 61.5 Å². The number of nitrogens with zero attached hydrogens (tertiary/aromatic N) is 2. The molecule has 0 radical (unpaired) electrons. The standard InChI is InChI=1S/C22H17N3O2S/c1-14-9-11-16(12-10-14)25-21(27)18(20(26)24-22(25)28)13-23-19-8-4-6-15-5-2-3-7-17(15)19/h2-13,18H,1H3,(H,24,26,28). The van der Waals surface area contributed by atoms with Crippen LogP contribution in [0.4, 0.5) is 11.4 Å². The lowest BCUT2D eigenvalue weighted by Crippen LogP contribution is -2.58. The molecular formula is C22H17N3O2S.